The second kappa shape index (κ2) is 6.20. The van der Waals surface area contributed by atoms with Crippen LogP contribution >= 0.6 is 0 Å². The fourth-order valence-corrected chi connectivity index (χ4v) is 3.27. The smallest absolute Gasteiger partial charge is 0.263 e. The van der Waals surface area contributed by atoms with Gasteiger partial charge in [0, 0.05) is 23.4 Å². The highest BCUT2D eigenvalue weighted by molar-refractivity contribution is 7.92. The van der Waals surface area contributed by atoms with Gasteiger partial charge in [-0.2, -0.15) is 0 Å². The Morgan fingerprint density at radius 3 is 2.38 bits per heavy atom. The average Bonchev–Trinajstić information content (AvgIpc) is 3.30. The summed E-state index contributed by atoms with van der Waals surface area (Å²) in [6.07, 6.45) is 1.83. The van der Waals surface area contributed by atoms with E-state index < -0.39 is 10.0 Å². The summed E-state index contributed by atoms with van der Waals surface area (Å²) in [6, 6.07) is 7.61. The summed E-state index contributed by atoms with van der Waals surface area (Å²) in [6.45, 7) is 3.46. The molecule has 1 heterocycles. The number of nitrogens with one attached hydrogen (secondary N) is 2. The summed E-state index contributed by atoms with van der Waals surface area (Å²) >= 11 is 0. The number of aryl methyl sites for hydroxylation is 2. The second-order valence-corrected chi connectivity index (χ2v) is 7.52. The van der Waals surface area contributed by atoms with Crippen molar-refractivity contribution in [1.29, 1.82) is 0 Å². The highest BCUT2D eigenvalue weighted by Gasteiger charge is 2.29. The van der Waals surface area contributed by atoms with E-state index in [4.69, 9.17) is 0 Å². The van der Waals surface area contributed by atoms with E-state index in [1.54, 1.807) is 32.0 Å². The summed E-state index contributed by atoms with van der Waals surface area (Å²) in [7, 11) is -3.75. The van der Waals surface area contributed by atoms with E-state index in [1.807, 2.05) is 0 Å². The second-order valence-electron chi connectivity index (χ2n) is 5.84. The molecule has 2 aromatic rings. The van der Waals surface area contributed by atoms with Crippen LogP contribution in [0.3, 0.4) is 0 Å². The Morgan fingerprint density at radius 2 is 1.79 bits per heavy atom. The van der Waals surface area contributed by atoms with Gasteiger partial charge < -0.3 is 5.32 Å². The highest BCUT2D eigenvalue weighted by Crippen LogP contribution is 2.30. The molecule has 0 radical (unpaired) electrons. The Bertz CT molecular complexity index is 854. The Kier molecular flexibility index (Phi) is 4.23. The first kappa shape index (κ1) is 16.4. The molecule has 1 saturated carbocycles. The topological polar surface area (TPSA) is 101 Å². The maximum Gasteiger partial charge on any atom is 0.263 e. The monoisotopic (exact) mass is 346 g/mol. The fraction of sp³-hybridized carbons (Fsp3) is 0.312. The number of nitrogens with zero attached hydrogens (tertiary/aromatic N) is 2. The minimum Gasteiger partial charge on any atom is -0.326 e. The standard InChI is InChI=1S/C16H18N4O3S/c1-10-9-15(18-11(2)17-10)20-24(22,23)14-7-5-13(6-8-14)19-16(21)12-3-4-12/h5-9,12H,3-4H2,1-2H3,(H,19,21)(H,17,18,20). The molecule has 1 aliphatic rings. The number of hydrogen-bond donors (Lipinski definition) is 2. The van der Waals surface area contributed by atoms with Crippen molar-refractivity contribution in [2.45, 2.75) is 31.6 Å². The van der Waals surface area contributed by atoms with Crippen LogP contribution in [-0.4, -0.2) is 24.3 Å². The lowest BCUT2D eigenvalue weighted by atomic mass is 10.3. The number of amides is 1. The molecule has 2 N–H and O–H groups in total. The Morgan fingerprint density at radius 1 is 1.12 bits per heavy atom. The molecule has 0 unspecified atom stereocenters. The molecule has 1 amide bonds. The van der Waals surface area contributed by atoms with E-state index in [9.17, 15) is 13.2 Å². The van der Waals surface area contributed by atoms with Crippen molar-refractivity contribution in [3.8, 4) is 0 Å². The third-order valence-electron chi connectivity index (χ3n) is 3.59. The first-order chi connectivity index (χ1) is 11.3. The first-order valence-corrected chi connectivity index (χ1v) is 9.08. The van der Waals surface area contributed by atoms with Gasteiger partial charge in [0.15, 0.2) is 0 Å². The lowest BCUT2D eigenvalue weighted by Crippen LogP contribution is -2.16. The van der Waals surface area contributed by atoms with Crippen molar-refractivity contribution in [2.24, 2.45) is 5.92 Å². The van der Waals surface area contributed by atoms with Gasteiger partial charge >= 0.3 is 0 Å². The first-order valence-electron chi connectivity index (χ1n) is 7.59. The van der Waals surface area contributed by atoms with Gasteiger partial charge in [-0.1, -0.05) is 0 Å². The number of rotatable bonds is 5. The predicted octanol–water partition coefficient (Wildman–Crippen LogP) is 2.24. The van der Waals surface area contributed by atoms with Crippen LogP contribution in [0.1, 0.15) is 24.4 Å². The molecule has 24 heavy (non-hydrogen) atoms. The van der Waals surface area contributed by atoms with Crippen LogP contribution in [0.4, 0.5) is 11.5 Å². The van der Waals surface area contributed by atoms with Crippen LogP contribution in [0.25, 0.3) is 0 Å². The number of carbonyl (C=O) groups excluding carboxylic acids is 1. The van der Waals surface area contributed by atoms with Crippen molar-refractivity contribution in [2.75, 3.05) is 10.0 Å². The van der Waals surface area contributed by atoms with Crippen LogP contribution < -0.4 is 10.0 Å². The molecule has 1 aromatic carbocycles. The molecule has 0 atom stereocenters. The van der Waals surface area contributed by atoms with E-state index >= 15 is 0 Å². The zero-order valence-electron chi connectivity index (χ0n) is 13.4. The summed E-state index contributed by atoms with van der Waals surface area (Å²) in [5.74, 6) is 0.798. The quantitative estimate of drug-likeness (QED) is 0.864. The van der Waals surface area contributed by atoms with Gasteiger partial charge in [0.1, 0.15) is 11.6 Å². The molecule has 0 saturated heterocycles. The van der Waals surface area contributed by atoms with Crippen LogP contribution in [0, 0.1) is 19.8 Å². The third-order valence-corrected chi connectivity index (χ3v) is 4.96. The molecule has 126 valence electrons. The highest BCUT2D eigenvalue weighted by atomic mass is 32.2. The molecule has 0 aliphatic heterocycles. The normalized spacial score (nSPS) is 14.2. The van der Waals surface area contributed by atoms with Crippen molar-refractivity contribution in [3.63, 3.8) is 0 Å². The van der Waals surface area contributed by atoms with Gasteiger partial charge in [-0.15, -0.1) is 0 Å². The van der Waals surface area contributed by atoms with Gasteiger partial charge in [0.25, 0.3) is 10.0 Å². The molecular weight excluding hydrogens is 328 g/mol. The zero-order chi connectivity index (χ0) is 17.3. The number of benzene rings is 1. The lowest BCUT2D eigenvalue weighted by molar-refractivity contribution is -0.117. The minimum absolute atomic E-state index is 0.0179. The van der Waals surface area contributed by atoms with E-state index in [0.717, 1.165) is 12.8 Å². The van der Waals surface area contributed by atoms with Gasteiger partial charge in [0.2, 0.25) is 5.91 Å². The Hall–Kier alpha value is -2.48. The van der Waals surface area contributed by atoms with Crippen molar-refractivity contribution in [1.82, 2.24) is 9.97 Å². The van der Waals surface area contributed by atoms with Crippen LogP contribution in [0.15, 0.2) is 35.2 Å². The maximum atomic E-state index is 12.4. The molecule has 7 nitrogen and oxygen atoms in total. The number of anilines is 2. The number of sulfonamides is 1. The fourth-order valence-electron chi connectivity index (χ4n) is 2.27. The molecule has 8 heteroatoms. The van der Waals surface area contributed by atoms with Crippen LogP contribution in [0.2, 0.25) is 0 Å². The predicted molar refractivity (Wildman–Crippen MR) is 90.1 cm³/mol. The molecule has 3 rings (SSSR count). The molecule has 1 fully saturated rings. The van der Waals surface area contributed by atoms with Gasteiger partial charge in [-0.3, -0.25) is 9.52 Å². The molecular formula is C16H18N4O3S. The third kappa shape index (κ3) is 3.88. The number of carbonyl (C=O) groups is 1. The van der Waals surface area contributed by atoms with E-state index in [-0.39, 0.29) is 22.5 Å². The SMILES string of the molecule is Cc1cc(NS(=O)(=O)c2ccc(NC(=O)C3CC3)cc2)nc(C)n1. The molecule has 0 bridgehead atoms. The summed E-state index contributed by atoms with van der Waals surface area (Å²) in [5, 5.41) is 2.77. The van der Waals surface area contributed by atoms with Gasteiger partial charge in [-0.25, -0.2) is 18.4 Å². The van der Waals surface area contributed by atoms with Crippen LogP contribution in [-0.2, 0) is 14.8 Å². The Balaban J connectivity index is 1.75. The van der Waals surface area contributed by atoms with E-state index in [0.29, 0.717) is 17.2 Å². The van der Waals surface area contributed by atoms with E-state index in [1.165, 1.54) is 12.1 Å². The summed E-state index contributed by atoms with van der Waals surface area (Å²) in [5.41, 5.74) is 1.26. The van der Waals surface area contributed by atoms with Crippen LogP contribution in [0.5, 0.6) is 0 Å². The minimum atomic E-state index is -3.75. The zero-order valence-corrected chi connectivity index (χ0v) is 14.2. The van der Waals surface area contributed by atoms with E-state index in [2.05, 4.69) is 20.0 Å². The molecule has 1 aromatic heterocycles. The summed E-state index contributed by atoms with van der Waals surface area (Å²) < 4.78 is 27.3. The largest absolute Gasteiger partial charge is 0.326 e. The van der Waals surface area contributed by atoms with Crippen molar-refractivity contribution >= 4 is 27.4 Å². The number of hydrogen-bond acceptors (Lipinski definition) is 5. The maximum absolute atomic E-state index is 12.4. The van der Waals surface area contributed by atoms with Gasteiger partial charge in [0.05, 0.1) is 4.90 Å². The van der Waals surface area contributed by atoms with Gasteiger partial charge in [-0.05, 0) is 51.0 Å². The lowest BCUT2D eigenvalue weighted by Gasteiger charge is -2.09. The van der Waals surface area contributed by atoms with Crippen molar-refractivity contribution in [3.05, 3.63) is 41.9 Å². The van der Waals surface area contributed by atoms with Crippen molar-refractivity contribution < 1.29 is 13.2 Å². The molecule has 1 aliphatic carbocycles. The molecule has 0 spiro atoms. The Labute approximate surface area is 140 Å². The summed E-state index contributed by atoms with van der Waals surface area (Å²) in [4.78, 5) is 20.0. The number of aromatic nitrogens is 2. The average molecular weight is 346 g/mol.